The van der Waals surface area contributed by atoms with Crippen LogP contribution in [0.2, 0.25) is 0 Å². The van der Waals surface area contributed by atoms with E-state index < -0.39 is 65.6 Å². The number of nitrogens with one attached hydrogen (secondary N) is 3. The number of amides is 7. The molecule has 1 fully saturated rings. The summed E-state index contributed by atoms with van der Waals surface area (Å²) in [7, 11) is 4.60. The number of hydrogen-bond acceptors (Lipinski definition) is 10. The van der Waals surface area contributed by atoms with Gasteiger partial charge in [-0.1, -0.05) is 77.8 Å². The molecular weight excluding hydrogens is 825 g/mol. The van der Waals surface area contributed by atoms with Crippen molar-refractivity contribution >= 4 is 47.3 Å². The van der Waals surface area contributed by atoms with Gasteiger partial charge in [0.25, 0.3) is 11.8 Å². The van der Waals surface area contributed by atoms with E-state index in [4.69, 9.17) is 9.47 Å². The number of unbranched alkanes of at least 4 members (excludes halogenated alkanes) is 2. The minimum Gasteiger partial charge on any atom is -0.480 e. The van der Waals surface area contributed by atoms with E-state index >= 15 is 0 Å². The van der Waals surface area contributed by atoms with Crippen LogP contribution < -0.4 is 16.0 Å². The van der Waals surface area contributed by atoms with Crippen LogP contribution in [0.1, 0.15) is 105 Å². The second-order valence-corrected chi connectivity index (χ2v) is 18.0. The van der Waals surface area contributed by atoms with Crippen molar-refractivity contribution in [2.45, 2.75) is 148 Å². The van der Waals surface area contributed by atoms with Crippen LogP contribution in [0.4, 0.5) is 0 Å². The fourth-order valence-electron chi connectivity index (χ4n) is 8.57. The Bertz CT molecular complexity index is 1800. The van der Waals surface area contributed by atoms with Gasteiger partial charge in [0.05, 0.1) is 36.6 Å². The third kappa shape index (κ3) is 14.4. The first-order valence-electron chi connectivity index (χ1n) is 22.5. The van der Waals surface area contributed by atoms with Gasteiger partial charge in [-0.2, -0.15) is 0 Å². The van der Waals surface area contributed by atoms with Crippen LogP contribution in [0, 0.1) is 17.8 Å². The summed E-state index contributed by atoms with van der Waals surface area (Å²) in [5, 5.41) is 18.2. The Morgan fingerprint density at radius 2 is 1.56 bits per heavy atom. The van der Waals surface area contributed by atoms with E-state index in [0.29, 0.717) is 45.1 Å². The predicted molar refractivity (Wildman–Crippen MR) is 239 cm³/mol. The summed E-state index contributed by atoms with van der Waals surface area (Å²) < 4.78 is 11.9. The van der Waals surface area contributed by atoms with Gasteiger partial charge >= 0.3 is 5.97 Å². The molecule has 0 aromatic heterocycles. The zero-order valence-electron chi connectivity index (χ0n) is 39.4. The van der Waals surface area contributed by atoms with E-state index in [0.717, 1.165) is 10.5 Å². The number of hydrogen-bond donors (Lipinski definition) is 4. The van der Waals surface area contributed by atoms with Crippen molar-refractivity contribution in [3.8, 4) is 0 Å². The van der Waals surface area contributed by atoms with Crippen LogP contribution in [0.3, 0.4) is 0 Å². The van der Waals surface area contributed by atoms with Gasteiger partial charge in [-0.25, -0.2) is 4.79 Å². The van der Waals surface area contributed by atoms with Gasteiger partial charge < -0.3 is 40.3 Å². The van der Waals surface area contributed by atoms with Crippen molar-refractivity contribution in [2.24, 2.45) is 17.8 Å². The number of methoxy groups -OCH3 is 2. The molecule has 3 rings (SSSR count). The minimum absolute atomic E-state index is 0.0850. The van der Waals surface area contributed by atoms with Gasteiger partial charge in [0.1, 0.15) is 17.6 Å². The number of likely N-dealkylation sites (N-methyl/N-ethyl adjacent to an activating group) is 1. The third-order valence-corrected chi connectivity index (χ3v) is 12.6. The molecular formula is C47H72N6O11. The van der Waals surface area contributed by atoms with Crippen LogP contribution in [0.25, 0.3) is 0 Å². The molecule has 64 heavy (non-hydrogen) atoms. The highest BCUT2D eigenvalue weighted by molar-refractivity contribution is 6.12. The number of carbonyl (C=O) groups excluding carboxylic acids is 7. The number of ether oxygens (including phenoxy) is 2. The van der Waals surface area contributed by atoms with Gasteiger partial charge in [-0.05, 0) is 56.9 Å². The summed E-state index contributed by atoms with van der Waals surface area (Å²) in [5.74, 6) is -5.19. The first kappa shape index (κ1) is 53.2. The van der Waals surface area contributed by atoms with E-state index in [1.807, 2.05) is 33.8 Å². The summed E-state index contributed by atoms with van der Waals surface area (Å²) in [6.07, 6.45) is 4.61. The molecule has 7 unspecified atom stereocenters. The number of imide groups is 1. The Morgan fingerprint density at radius 1 is 0.922 bits per heavy atom. The quantitative estimate of drug-likeness (QED) is 0.0781. The Balaban J connectivity index is 1.67. The molecule has 2 heterocycles. The van der Waals surface area contributed by atoms with Gasteiger partial charge in [-0.15, -0.1) is 0 Å². The molecule has 1 aromatic carbocycles. The van der Waals surface area contributed by atoms with Crippen LogP contribution >= 0.6 is 0 Å². The molecule has 0 spiro atoms. The number of carboxylic acid groups (broad SMARTS) is 1. The van der Waals surface area contributed by atoms with Gasteiger partial charge in [0.15, 0.2) is 0 Å². The average molecular weight is 897 g/mol. The van der Waals surface area contributed by atoms with Crippen molar-refractivity contribution in [3.63, 3.8) is 0 Å². The normalized spacial score (nSPS) is 18.5. The van der Waals surface area contributed by atoms with E-state index in [2.05, 4.69) is 16.0 Å². The smallest absolute Gasteiger partial charge is 0.326 e. The van der Waals surface area contributed by atoms with Crippen LogP contribution in [0.5, 0.6) is 0 Å². The minimum atomic E-state index is -1.37. The number of carboxylic acids is 1. The molecule has 7 amide bonds. The molecule has 2 aliphatic heterocycles. The number of rotatable bonds is 26. The fourth-order valence-corrected chi connectivity index (χ4v) is 8.57. The Labute approximate surface area is 378 Å². The second-order valence-electron chi connectivity index (χ2n) is 18.0. The highest BCUT2D eigenvalue weighted by Crippen LogP contribution is 2.30. The highest BCUT2D eigenvalue weighted by atomic mass is 16.5. The average Bonchev–Trinajstić information content (AvgIpc) is 3.87. The molecule has 0 bridgehead atoms. The fraction of sp³-hybridized carbons (Fsp3) is 0.660. The second kappa shape index (κ2) is 24.8. The van der Waals surface area contributed by atoms with Crippen molar-refractivity contribution < 1.29 is 52.9 Å². The number of carbonyl (C=O) groups is 8. The van der Waals surface area contributed by atoms with E-state index in [1.54, 1.807) is 61.9 Å². The summed E-state index contributed by atoms with van der Waals surface area (Å²) in [6, 6.07) is 5.81. The highest BCUT2D eigenvalue weighted by Gasteiger charge is 2.44. The third-order valence-electron chi connectivity index (χ3n) is 12.6. The molecule has 356 valence electrons. The molecule has 0 radical (unpaired) electrons. The van der Waals surface area contributed by atoms with E-state index in [9.17, 15) is 43.5 Å². The number of nitrogens with zero attached hydrogens (tertiary/aromatic N) is 3. The van der Waals surface area contributed by atoms with E-state index in [-0.39, 0.29) is 67.2 Å². The molecule has 17 nitrogen and oxygen atoms in total. The van der Waals surface area contributed by atoms with Crippen LogP contribution in [-0.4, -0.2) is 143 Å². The molecule has 1 saturated heterocycles. The van der Waals surface area contributed by atoms with Crippen molar-refractivity contribution in [1.29, 1.82) is 0 Å². The first-order chi connectivity index (χ1) is 30.2. The van der Waals surface area contributed by atoms with Crippen LogP contribution in [0.15, 0.2) is 42.5 Å². The Hall–Kier alpha value is -5.16. The van der Waals surface area contributed by atoms with Crippen LogP contribution in [-0.2, 0) is 54.3 Å². The summed E-state index contributed by atoms with van der Waals surface area (Å²) >= 11 is 0. The Kier molecular flexibility index (Phi) is 20.6. The SMILES string of the molecule is CCC(C)C(C(CC(=O)N1CCC[C@H]1C(OC)C(C)C(=O)NC(Cc1ccccc1)C(=O)O)OC)N(C)C(=O)C(NC(=O)C(C)(C)NC(=O)CCCCCN1C(=O)C=CC1=O)C(C)C. The summed E-state index contributed by atoms with van der Waals surface area (Å²) in [4.78, 5) is 109. The van der Waals surface area contributed by atoms with E-state index in [1.165, 1.54) is 26.4 Å². The van der Waals surface area contributed by atoms with Gasteiger partial charge in [0.2, 0.25) is 29.5 Å². The maximum atomic E-state index is 14.4. The molecule has 1 aromatic rings. The maximum absolute atomic E-state index is 14.4. The zero-order chi connectivity index (χ0) is 47.9. The first-order valence-corrected chi connectivity index (χ1v) is 22.5. The lowest BCUT2D eigenvalue weighted by atomic mass is 9.89. The lowest BCUT2D eigenvalue weighted by Crippen LogP contribution is -2.62. The molecule has 0 aliphatic carbocycles. The number of likely N-dealkylation sites (tertiary alicyclic amines) is 1. The largest absolute Gasteiger partial charge is 0.480 e. The standard InChI is InChI=1S/C47H72N6O11/c1-11-30(4)41(51(8)44(59)40(29(2)3)49-46(62)47(6,7)50-36(54)22-16-13-17-25-53-37(55)23-24-38(53)56)35(63-9)28-39(57)52-26-18-21-34(52)42(64-10)31(5)43(58)48-33(45(60)61)27-32-19-14-12-15-20-32/h12,14-15,19-20,23-24,29-31,33-35,40-42H,11,13,16-18,21-22,25-28H2,1-10H3,(H,48,58)(H,49,62)(H,50,54)(H,60,61)/t30?,31?,33?,34-,35?,40?,41?,42?/m0/s1. The predicted octanol–water partition coefficient (Wildman–Crippen LogP) is 3.24. The summed E-state index contributed by atoms with van der Waals surface area (Å²) in [6.45, 7) is 13.0. The molecule has 17 heteroatoms. The zero-order valence-corrected chi connectivity index (χ0v) is 39.4. The van der Waals surface area contributed by atoms with Crippen molar-refractivity contribution in [2.75, 3.05) is 34.4 Å². The molecule has 2 aliphatic rings. The Morgan fingerprint density at radius 3 is 2.12 bits per heavy atom. The van der Waals surface area contributed by atoms with Crippen molar-refractivity contribution in [1.82, 2.24) is 30.7 Å². The number of benzene rings is 1. The monoisotopic (exact) mass is 897 g/mol. The van der Waals surface area contributed by atoms with Gasteiger partial charge in [0, 0.05) is 59.4 Å². The van der Waals surface area contributed by atoms with Crippen molar-refractivity contribution in [3.05, 3.63) is 48.0 Å². The topological polar surface area (TPSA) is 221 Å². The molecule has 0 saturated carbocycles. The lowest BCUT2D eigenvalue weighted by molar-refractivity contribution is -0.148. The van der Waals surface area contributed by atoms with Gasteiger partial charge in [-0.3, -0.25) is 38.5 Å². The lowest BCUT2D eigenvalue weighted by Gasteiger charge is -2.41. The number of aliphatic carboxylic acids is 1. The molecule has 8 atom stereocenters. The maximum Gasteiger partial charge on any atom is 0.326 e. The summed E-state index contributed by atoms with van der Waals surface area (Å²) in [5.41, 5.74) is -0.608. The molecule has 4 N–H and O–H groups in total.